The first-order valence-corrected chi connectivity index (χ1v) is 9.20. The minimum absolute atomic E-state index is 0.323. The zero-order valence-electron chi connectivity index (χ0n) is 12.7. The number of thioether (sulfide) groups is 1. The third kappa shape index (κ3) is 6.09. The summed E-state index contributed by atoms with van der Waals surface area (Å²) in [6, 6.07) is -0.737. The number of hydrogen-bond acceptors (Lipinski definition) is 11. The van der Waals surface area contributed by atoms with Gasteiger partial charge in [-0.2, -0.15) is 8.42 Å². The summed E-state index contributed by atoms with van der Waals surface area (Å²) in [6.07, 6.45) is -5.78. The summed E-state index contributed by atoms with van der Waals surface area (Å²) in [5, 5.41) is 46.9. The molecule has 13 heteroatoms. The van der Waals surface area contributed by atoms with Crippen LogP contribution in [0.2, 0.25) is 0 Å². The van der Waals surface area contributed by atoms with Crippen molar-refractivity contribution in [1.82, 2.24) is 0 Å². The number of rotatable bonds is 6. The number of aliphatic hydroxyl groups is 5. The lowest BCUT2D eigenvalue weighted by Gasteiger charge is -2.39. The summed E-state index contributed by atoms with van der Waals surface area (Å²) in [5.41, 5.74) is -1.35. The smallest absolute Gasteiger partial charge is 0.394 e. The van der Waals surface area contributed by atoms with Gasteiger partial charge in [-0.1, -0.05) is 6.92 Å². The zero-order chi connectivity index (χ0) is 18.5. The number of aliphatic hydroxyl groups excluding tert-OH is 5. The van der Waals surface area contributed by atoms with Crippen LogP contribution in [0.1, 0.15) is 13.3 Å². The van der Waals surface area contributed by atoms with Crippen molar-refractivity contribution >= 4 is 27.4 Å². The minimum atomic E-state index is -4.93. The van der Waals surface area contributed by atoms with E-state index in [0.717, 1.165) is 0 Å². The van der Waals surface area contributed by atoms with Crippen LogP contribution in [0.15, 0.2) is 4.99 Å². The fourth-order valence-corrected chi connectivity index (χ4v) is 3.38. The Morgan fingerprint density at radius 1 is 1.25 bits per heavy atom. The normalized spacial score (nSPS) is 33.3. The molecule has 0 spiro atoms. The number of aliphatic imine (C=N–C) groups is 1. The Hall–Kier alpha value is -0.510. The highest BCUT2D eigenvalue weighted by molar-refractivity contribution is 8.14. The minimum Gasteiger partial charge on any atom is -0.394 e. The first-order chi connectivity index (χ1) is 11.1. The van der Waals surface area contributed by atoms with Crippen molar-refractivity contribution in [3.05, 3.63) is 0 Å². The third-order valence-electron chi connectivity index (χ3n) is 3.21. The first-order valence-electron chi connectivity index (χ1n) is 6.95. The number of ether oxygens (including phenoxy) is 1. The lowest BCUT2D eigenvalue weighted by atomic mass is 10.0. The molecule has 1 saturated heterocycles. The second kappa shape index (κ2) is 9.26. The lowest BCUT2D eigenvalue weighted by Crippen LogP contribution is -2.57. The summed E-state index contributed by atoms with van der Waals surface area (Å²) in [5.74, 6) is 0. The molecule has 1 aliphatic heterocycles. The average molecular weight is 391 g/mol. The van der Waals surface area contributed by atoms with E-state index in [1.807, 2.05) is 0 Å². The highest BCUT2D eigenvalue weighted by atomic mass is 32.3. The van der Waals surface area contributed by atoms with E-state index in [1.165, 1.54) is 0 Å². The van der Waals surface area contributed by atoms with E-state index in [1.54, 1.807) is 6.92 Å². The van der Waals surface area contributed by atoms with Gasteiger partial charge < -0.3 is 34.5 Å². The molecular weight excluding hydrogens is 370 g/mol. The van der Waals surface area contributed by atoms with Crippen LogP contribution in [0.4, 0.5) is 0 Å². The maximum Gasteiger partial charge on any atom is 0.448 e. The molecular formula is C11H21NO10S2. The molecule has 0 aromatic rings. The monoisotopic (exact) mass is 391 g/mol. The Balaban J connectivity index is 2.99. The molecule has 0 aromatic carbocycles. The molecule has 1 fully saturated rings. The molecule has 1 heterocycles. The second-order valence-electron chi connectivity index (χ2n) is 4.97. The van der Waals surface area contributed by atoms with E-state index in [2.05, 4.69) is 9.18 Å². The predicted molar refractivity (Wildman–Crippen MR) is 82.6 cm³/mol. The summed E-state index contributed by atoms with van der Waals surface area (Å²) in [6.45, 7) is 0.569. The molecule has 0 bridgehead atoms. The Kier molecular flexibility index (Phi) is 8.31. The van der Waals surface area contributed by atoms with Gasteiger partial charge in [-0.3, -0.25) is 4.55 Å². The van der Waals surface area contributed by atoms with Crippen LogP contribution in [0.3, 0.4) is 0 Å². The van der Waals surface area contributed by atoms with E-state index >= 15 is 0 Å². The highest BCUT2D eigenvalue weighted by Crippen LogP contribution is 2.30. The standard InChI is InChI=1S/C11H21NO10S2/c1-2-5(3-13)12-11(22-24(18,19)20)23-10-9(17)8(16)7(15)6(4-14)21-10/h5-10,13-17H,2-4H2,1H3,(H,18,19,20)/t5-,6-,7-,8+,9-,10+/m1/s1. The average Bonchev–Trinajstić information content (AvgIpc) is 2.51. The quantitative estimate of drug-likeness (QED) is 0.159. The van der Waals surface area contributed by atoms with Crippen LogP contribution in [0, 0.1) is 0 Å². The summed E-state index contributed by atoms with van der Waals surface area (Å²) in [4.78, 5) is 3.79. The molecule has 0 aliphatic carbocycles. The molecule has 0 unspecified atom stereocenters. The van der Waals surface area contributed by atoms with Gasteiger partial charge in [-0.25, -0.2) is 4.99 Å². The lowest BCUT2D eigenvalue weighted by molar-refractivity contribution is -0.205. The molecule has 1 rings (SSSR count). The van der Waals surface area contributed by atoms with Gasteiger partial charge in [-0.05, 0) is 18.2 Å². The predicted octanol–water partition coefficient (Wildman–Crippen LogP) is -2.53. The second-order valence-corrected chi connectivity index (χ2v) is 7.04. The summed E-state index contributed by atoms with van der Waals surface area (Å²) in [7, 11) is -4.93. The van der Waals surface area contributed by atoms with Crippen LogP contribution in [-0.2, 0) is 19.3 Å². The Bertz CT molecular complexity index is 521. The van der Waals surface area contributed by atoms with Crippen LogP contribution in [0.25, 0.3) is 0 Å². The summed E-state index contributed by atoms with van der Waals surface area (Å²) >= 11 is 0.408. The van der Waals surface area contributed by atoms with Gasteiger partial charge in [0, 0.05) is 0 Å². The fourth-order valence-electron chi connectivity index (χ4n) is 1.84. The molecule has 0 saturated carbocycles. The topological polar surface area (TPSA) is 186 Å². The maximum absolute atomic E-state index is 10.9. The SMILES string of the molecule is CC[C@H](CO)N=C(OS(=O)(=O)O)S[C@@H]1O[C@H](CO)[C@@H](O)[C@H](O)[C@H]1O. The third-order valence-corrected chi connectivity index (χ3v) is 4.70. The van der Waals surface area contributed by atoms with Crippen LogP contribution in [-0.4, -0.2) is 92.8 Å². The van der Waals surface area contributed by atoms with E-state index < -0.39 is 64.7 Å². The van der Waals surface area contributed by atoms with E-state index in [9.17, 15) is 23.7 Å². The molecule has 6 atom stereocenters. The number of hydrogen-bond donors (Lipinski definition) is 6. The molecule has 24 heavy (non-hydrogen) atoms. The number of nitrogens with zero attached hydrogens (tertiary/aromatic N) is 1. The van der Waals surface area contributed by atoms with Gasteiger partial charge in [0.1, 0.15) is 29.9 Å². The maximum atomic E-state index is 10.9. The molecule has 0 aromatic heterocycles. The molecule has 6 N–H and O–H groups in total. The first kappa shape index (κ1) is 21.5. The van der Waals surface area contributed by atoms with E-state index in [-0.39, 0.29) is 0 Å². The highest BCUT2D eigenvalue weighted by Gasteiger charge is 2.44. The fraction of sp³-hybridized carbons (Fsp3) is 0.909. The van der Waals surface area contributed by atoms with E-state index in [4.69, 9.17) is 19.5 Å². The molecule has 0 amide bonds. The van der Waals surface area contributed by atoms with Gasteiger partial charge >= 0.3 is 10.4 Å². The molecule has 142 valence electrons. The Labute approximate surface area is 142 Å². The van der Waals surface area contributed by atoms with Gasteiger partial charge in [0.15, 0.2) is 0 Å². The van der Waals surface area contributed by atoms with Gasteiger partial charge in [0.2, 0.25) is 0 Å². The van der Waals surface area contributed by atoms with Crippen molar-refractivity contribution in [3.8, 4) is 0 Å². The molecule has 0 radical (unpaired) electrons. The largest absolute Gasteiger partial charge is 0.448 e. The Morgan fingerprint density at radius 2 is 1.88 bits per heavy atom. The van der Waals surface area contributed by atoms with Crippen molar-refractivity contribution in [3.63, 3.8) is 0 Å². The van der Waals surface area contributed by atoms with Crippen LogP contribution >= 0.6 is 11.8 Å². The van der Waals surface area contributed by atoms with E-state index in [0.29, 0.717) is 18.2 Å². The van der Waals surface area contributed by atoms with Crippen molar-refractivity contribution in [2.24, 2.45) is 4.99 Å². The molecule has 11 nitrogen and oxygen atoms in total. The zero-order valence-corrected chi connectivity index (χ0v) is 14.3. The van der Waals surface area contributed by atoms with Crippen molar-refractivity contribution < 1.29 is 47.4 Å². The summed E-state index contributed by atoms with van der Waals surface area (Å²) < 4.78 is 40.1. The van der Waals surface area contributed by atoms with Gasteiger partial charge in [-0.15, -0.1) is 0 Å². The van der Waals surface area contributed by atoms with Gasteiger partial charge in [0.05, 0.1) is 19.3 Å². The van der Waals surface area contributed by atoms with Crippen LogP contribution < -0.4 is 0 Å². The van der Waals surface area contributed by atoms with Gasteiger partial charge in [0.25, 0.3) is 5.23 Å². The van der Waals surface area contributed by atoms with Crippen molar-refractivity contribution in [2.75, 3.05) is 13.2 Å². The Morgan fingerprint density at radius 3 is 2.33 bits per heavy atom. The van der Waals surface area contributed by atoms with Crippen LogP contribution in [0.5, 0.6) is 0 Å². The van der Waals surface area contributed by atoms with Crippen molar-refractivity contribution in [2.45, 2.75) is 49.2 Å². The molecule has 1 aliphatic rings. The van der Waals surface area contributed by atoms with Crippen molar-refractivity contribution in [1.29, 1.82) is 0 Å².